The van der Waals surface area contributed by atoms with Crippen LogP contribution in [0.2, 0.25) is 0 Å². The fourth-order valence-corrected chi connectivity index (χ4v) is 3.49. The van der Waals surface area contributed by atoms with E-state index < -0.39 is 6.10 Å². The second kappa shape index (κ2) is 9.10. The molecule has 7 heteroatoms. The van der Waals surface area contributed by atoms with E-state index in [1.54, 1.807) is 19.1 Å². The topological polar surface area (TPSA) is 65.5 Å². The quantitative estimate of drug-likeness (QED) is 0.701. The van der Waals surface area contributed by atoms with Crippen LogP contribution in [-0.4, -0.2) is 112 Å². The van der Waals surface area contributed by atoms with E-state index in [0.717, 1.165) is 39.0 Å². The minimum absolute atomic E-state index is 0.0423. The summed E-state index contributed by atoms with van der Waals surface area (Å²) in [6, 6.07) is -0.331. The van der Waals surface area contributed by atoms with Gasteiger partial charge >= 0.3 is 0 Å². The van der Waals surface area contributed by atoms with Gasteiger partial charge in [-0.25, -0.2) is 0 Å². The Bertz CT molecular complexity index is 399. The van der Waals surface area contributed by atoms with Gasteiger partial charge in [0.1, 0.15) is 12.2 Å². The van der Waals surface area contributed by atoms with Crippen LogP contribution in [0.25, 0.3) is 0 Å². The molecule has 24 heavy (non-hydrogen) atoms. The van der Waals surface area contributed by atoms with Gasteiger partial charge in [-0.15, -0.1) is 0 Å². The number of piperidine rings is 1. The number of ether oxygens (including phenoxy) is 2. The molecule has 2 aliphatic heterocycles. The number of carbonyl (C=O) groups excluding carboxylic acids is 1. The lowest BCUT2D eigenvalue weighted by molar-refractivity contribution is -0.161. The molecule has 2 saturated heterocycles. The highest BCUT2D eigenvalue weighted by Crippen LogP contribution is 2.23. The number of hydrogen-bond acceptors (Lipinski definition) is 6. The molecule has 0 aliphatic carbocycles. The highest BCUT2D eigenvalue weighted by molar-refractivity contribution is 5.79. The van der Waals surface area contributed by atoms with Gasteiger partial charge in [-0.3, -0.25) is 4.79 Å². The summed E-state index contributed by atoms with van der Waals surface area (Å²) in [4.78, 5) is 19.1. The molecule has 2 heterocycles. The molecule has 2 fully saturated rings. The van der Waals surface area contributed by atoms with Crippen molar-refractivity contribution in [2.24, 2.45) is 5.92 Å². The standard InChI is InChI=1S/C17H33N3O4/c1-18(2)9-10-20-7-5-13(6-8-20)17(22)19(3)14-11-24-12-15(23-4)16(14)21/h13-16,21H,5-12H2,1-4H3/t14-,15-,16+/m1/s1. The number of hydrogen-bond donors (Lipinski definition) is 1. The van der Waals surface area contributed by atoms with Crippen molar-refractivity contribution in [3.8, 4) is 0 Å². The van der Waals surface area contributed by atoms with Gasteiger partial charge in [0.25, 0.3) is 0 Å². The smallest absolute Gasteiger partial charge is 0.225 e. The molecule has 0 bridgehead atoms. The van der Waals surface area contributed by atoms with E-state index >= 15 is 0 Å². The number of methoxy groups -OCH3 is 1. The molecule has 0 aromatic carbocycles. The average Bonchev–Trinajstić information content (AvgIpc) is 2.59. The zero-order valence-electron chi connectivity index (χ0n) is 15.5. The van der Waals surface area contributed by atoms with E-state index in [4.69, 9.17) is 9.47 Å². The Kier molecular flexibility index (Phi) is 7.43. The van der Waals surface area contributed by atoms with Crippen molar-refractivity contribution in [1.29, 1.82) is 0 Å². The number of aliphatic hydroxyl groups excluding tert-OH is 1. The third-order valence-corrected chi connectivity index (χ3v) is 5.29. The van der Waals surface area contributed by atoms with Crippen molar-refractivity contribution < 1.29 is 19.4 Å². The summed E-state index contributed by atoms with van der Waals surface area (Å²) in [6.07, 6.45) is 0.701. The number of likely N-dealkylation sites (N-methyl/N-ethyl adjacent to an activating group) is 2. The van der Waals surface area contributed by atoms with Gasteiger partial charge in [-0.05, 0) is 40.0 Å². The summed E-state index contributed by atoms with van der Waals surface area (Å²) in [5.74, 6) is 0.160. The van der Waals surface area contributed by atoms with Crippen LogP contribution in [0.3, 0.4) is 0 Å². The van der Waals surface area contributed by atoms with Crippen LogP contribution in [0.5, 0.6) is 0 Å². The number of amides is 1. The van der Waals surface area contributed by atoms with Gasteiger partial charge in [0, 0.05) is 33.2 Å². The van der Waals surface area contributed by atoms with E-state index in [1.807, 2.05) is 0 Å². The van der Waals surface area contributed by atoms with E-state index in [-0.39, 0.29) is 24.0 Å². The van der Waals surface area contributed by atoms with E-state index in [9.17, 15) is 9.90 Å². The third-order valence-electron chi connectivity index (χ3n) is 5.29. The highest BCUT2D eigenvalue weighted by Gasteiger charge is 2.39. The predicted molar refractivity (Wildman–Crippen MR) is 91.9 cm³/mol. The van der Waals surface area contributed by atoms with Crippen molar-refractivity contribution in [3.05, 3.63) is 0 Å². The Morgan fingerprint density at radius 2 is 1.92 bits per heavy atom. The molecule has 0 radical (unpaired) electrons. The summed E-state index contributed by atoms with van der Waals surface area (Å²) >= 11 is 0. The van der Waals surface area contributed by atoms with Crippen molar-refractivity contribution in [2.45, 2.75) is 31.1 Å². The van der Waals surface area contributed by atoms with Gasteiger partial charge in [0.15, 0.2) is 0 Å². The summed E-state index contributed by atoms with van der Waals surface area (Å²) < 4.78 is 10.7. The van der Waals surface area contributed by atoms with Crippen molar-refractivity contribution in [1.82, 2.24) is 14.7 Å². The normalized spacial score (nSPS) is 29.8. The number of nitrogens with zero attached hydrogens (tertiary/aromatic N) is 3. The van der Waals surface area contributed by atoms with Gasteiger partial charge in [0.05, 0.1) is 19.3 Å². The second-order valence-corrected chi connectivity index (χ2v) is 7.24. The largest absolute Gasteiger partial charge is 0.388 e. The molecular weight excluding hydrogens is 310 g/mol. The van der Waals surface area contributed by atoms with Crippen LogP contribution in [0, 0.1) is 5.92 Å². The fourth-order valence-electron chi connectivity index (χ4n) is 3.49. The first-order valence-corrected chi connectivity index (χ1v) is 8.86. The monoisotopic (exact) mass is 343 g/mol. The van der Waals surface area contributed by atoms with Crippen LogP contribution in [-0.2, 0) is 14.3 Å². The van der Waals surface area contributed by atoms with Gasteiger partial charge in [-0.2, -0.15) is 0 Å². The maximum Gasteiger partial charge on any atom is 0.225 e. The summed E-state index contributed by atoms with van der Waals surface area (Å²) in [6.45, 7) is 4.76. The first kappa shape index (κ1) is 19.6. The molecule has 140 valence electrons. The average molecular weight is 343 g/mol. The van der Waals surface area contributed by atoms with Crippen LogP contribution in [0.4, 0.5) is 0 Å². The Balaban J connectivity index is 1.83. The molecule has 3 atom stereocenters. The molecule has 0 unspecified atom stereocenters. The van der Waals surface area contributed by atoms with Crippen LogP contribution in [0.1, 0.15) is 12.8 Å². The van der Waals surface area contributed by atoms with E-state index in [2.05, 4.69) is 23.9 Å². The van der Waals surface area contributed by atoms with Crippen LogP contribution < -0.4 is 0 Å². The summed E-state index contributed by atoms with van der Waals surface area (Å²) in [5, 5.41) is 10.4. The van der Waals surface area contributed by atoms with Crippen molar-refractivity contribution in [2.75, 3.05) is 67.6 Å². The summed E-state index contributed by atoms with van der Waals surface area (Å²) in [7, 11) is 7.49. The summed E-state index contributed by atoms with van der Waals surface area (Å²) in [5.41, 5.74) is 0. The molecule has 0 aromatic heterocycles. The maximum absolute atomic E-state index is 12.8. The molecular formula is C17H33N3O4. The lowest BCUT2D eigenvalue weighted by atomic mass is 9.93. The van der Waals surface area contributed by atoms with Crippen molar-refractivity contribution in [3.63, 3.8) is 0 Å². The minimum atomic E-state index is -0.696. The number of likely N-dealkylation sites (tertiary alicyclic amines) is 1. The number of aliphatic hydroxyl groups is 1. The molecule has 0 aromatic rings. The Morgan fingerprint density at radius 3 is 2.50 bits per heavy atom. The molecule has 2 aliphatic rings. The highest BCUT2D eigenvalue weighted by atomic mass is 16.5. The van der Waals surface area contributed by atoms with Gasteiger partial charge < -0.3 is 29.3 Å². The second-order valence-electron chi connectivity index (χ2n) is 7.24. The van der Waals surface area contributed by atoms with Crippen LogP contribution in [0.15, 0.2) is 0 Å². The maximum atomic E-state index is 12.8. The number of rotatable bonds is 6. The van der Waals surface area contributed by atoms with Crippen molar-refractivity contribution >= 4 is 5.91 Å². The molecule has 0 saturated carbocycles. The van der Waals surface area contributed by atoms with Gasteiger partial charge in [0.2, 0.25) is 5.91 Å². The Hall–Kier alpha value is -0.730. The molecule has 1 N–H and O–H groups in total. The third kappa shape index (κ3) is 4.89. The van der Waals surface area contributed by atoms with E-state index in [0.29, 0.717) is 13.2 Å². The molecule has 0 spiro atoms. The Morgan fingerprint density at radius 1 is 1.25 bits per heavy atom. The fraction of sp³-hybridized carbons (Fsp3) is 0.941. The van der Waals surface area contributed by atoms with E-state index in [1.165, 1.54) is 0 Å². The SMILES string of the molecule is CO[C@@H]1COC[C@@H](N(C)C(=O)C2CCN(CCN(C)C)CC2)[C@@H]1O. The molecule has 1 amide bonds. The Labute approximate surface area is 145 Å². The lowest BCUT2D eigenvalue weighted by Crippen LogP contribution is -2.58. The number of carbonyl (C=O) groups is 1. The molecule has 2 rings (SSSR count). The first-order valence-electron chi connectivity index (χ1n) is 8.86. The zero-order chi connectivity index (χ0) is 17.7. The van der Waals surface area contributed by atoms with Gasteiger partial charge in [-0.1, -0.05) is 0 Å². The minimum Gasteiger partial charge on any atom is -0.388 e. The zero-order valence-corrected chi connectivity index (χ0v) is 15.5. The lowest BCUT2D eigenvalue weighted by Gasteiger charge is -2.41. The predicted octanol–water partition coefficient (Wildman–Crippen LogP) is -0.507. The molecule has 7 nitrogen and oxygen atoms in total. The first-order chi connectivity index (χ1) is 11.4. The van der Waals surface area contributed by atoms with Crippen LogP contribution >= 0.6 is 0 Å².